The highest BCUT2D eigenvalue weighted by molar-refractivity contribution is 6.03. The molecule has 3 amide bonds. The minimum atomic E-state index is -0.322. The predicted octanol–water partition coefficient (Wildman–Crippen LogP) is 3.56. The zero-order valence-corrected chi connectivity index (χ0v) is 21.8. The van der Waals surface area contributed by atoms with Crippen molar-refractivity contribution in [2.24, 2.45) is 5.10 Å². The molecule has 0 aliphatic carbocycles. The molecule has 2 aliphatic rings. The van der Waals surface area contributed by atoms with Gasteiger partial charge in [-0.05, 0) is 44.0 Å². The Hall–Kier alpha value is -3.30. The first kappa shape index (κ1) is 26.8. The maximum atomic E-state index is 13.7. The Morgan fingerprint density at radius 3 is 2.43 bits per heavy atom. The van der Waals surface area contributed by atoms with E-state index in [1.807, 2.05) is 45.0 Å². The van der Waals surface area contributed by atoms with Gasteiger partial charge in [0.1, 0.15) is 12.4 Å². The molecule has 2 aromatic rings. The molecule has 0 aromatic heterocycles. The molecular weight excluding hydrogens is 473 g/mol. The van der Waals surface area contributed by atoms with Crippen LogP contribution in [0.1, 0.15) is 43.0 Å². The number of carbonyl (C=O) groups is 2. The number of hydrogen-bond acceptors (Lipinski definition) is 5. The summed E-state index contributed by atoms with van der Waals surface area (Å²) in [6.07, 6.45) is 0.506. The lowest BCUT2D eigenvalue weighted by Gasteiger charge is -2.31. The SMILES string of the molecule is Cc1ccc(C2CC(c3ccc(F)cc3)=NN2C(=O)CN(CCN2CCOCC2)C(=O)NC(C)C)cc1. The van der Waals surface area contributed by atoms with Crippen LogP contribution in [-0.2, 0) is 9.53 Å². The molecular formula is C28H36FN5O3. The van der Waals surface area contributed by atoms with Gasteiger partial charge in [0, 0.05) is 38.6 Å². The molecule has 1 N–H and O–H groups in total. The van der Waals surface area contributed by atoms with Gasteiger partial charge >= 0.3 is 6.03 Å². The Morgan fingerprint density at radius 2 is 1.78 bits per heavy atom. The summed E-state index contributed by atoms with van der Waals surface area (Å²) in [7, 11) is 0. The van der Waals surface area contributed by atoms with Crippen LogP contribution < -0.4 is 5.32 Å². The summed E-state index contributed by atoms with van der Waals surface area (Å²) in [5, 5.41) is 9.10. The highest BCUT2D eigenvalue weighted by Crippen LogP contribution is 2.33. The quantitative estimate of drug-likeness (QED) is 0.590. The first-order valence-corrected chi connectivity index (χ1v) is 12.9. The third-order valence-electron chi connectivity index (χ3n) is 6.62. The lowest BCUT2D eigenvalue weighted by molar-refractivity contribution is -0.133. The number of rotatable bonds is 8. The zero-order chi connectivity index (χ0) is 26.4. The molecule has 8 nitrogen and oxygen atoms in total. The molecule has 4 rings (SSSR count). The number of carbonyl (C=O) groups excluding carboxylic acids is 2. The number of amides is 3. The van der Waals surface area contributed by atoms with Crippen molar-refractivity contribution in [2.45, 2.75) is 39.3 Å². The van der Waals surface area contributed by atoms with Crippen molar-refractivity contribution in [1.82, 2.24) is 20.1 Å². The van der Waals surface area contributed by atoms with Crippen molar-refractivity contribution < 1.29 is 18.7 Å². The largest absolute Gasteiger partial charge is 0.379 e. The number of nitrogens with zero attached hydrogens (tertiary/aromatic N) is 4. The summed E-state index contributed by atoms with van der Waals surface area (Å²) in [6.45, 7) is 9.75. The van der Waals surface area contributed by atoms with Gasteiger partial charge in [0.25, 0.3) is 5.91 Å². The molecule has 2 heterocycles. The summed E-state index contributed by atoms with van der Waals surface area (Å²) in [5.41, 5.74) is 3.58. The monoisotopic (exact) mass is 509 g/mol. The van der Waals surface area contributed by atoms with Gasteiger partial charge in [0.2, 0.25) is 0 Å². The number of aryl methyl sites for hydroxylation is 1. The molecule has 1 atom stereocenters. The molecule has 2 aliphatic heterocycles. The van der Waals surface area contributed by atoms with Crippen molar-refractivity contribution in [1.29, 1.82) is 0 Å². The number of hydrazone groups is 1. The van der Waals surface area contributed by atoms with Gasteiger partial charge in [-0.3, -0.25) is 9.69 Å². The van der Waals surface area contributed by atoms with Crippen LogP contribution in [0.5, 0.6) is 0 Å². The molecule has 0 spiro atoms. The third kappa shape index (κ3) is 7.14. The molecule has 0 saturated carbocycles. The van der Waals surface area contributed by atoms with E-state index in [9.17, 15) is 14.0 Å². The van der Waals surface area contributed by atoms with Crippen LogP contribution in [0.2, 0.25) is 0 Å². The highest BCUT2D eigenvalue weighted by Gasteiger charge is 2.34. The summed E-state index contributed by atoms with van der Waals surface area (Å²) in [4.78, 5) is 30.5. The standard InChI is InChI=1S/C28H36FN5O3/c1-20(2)30-28(36)33(13-12-32-14-16-37-17-15-32)19-27(35)34-26(23-6-4-21(3)5-7-23)18-25(31-34)22-8-10-24(29)11-9-22/h4-11,20,26H,12-19H2,1-3H3,(H,30,36). The van der Waals surface area contributed by atoms with Crippen LogP contribution in [0.15, 0.2) is 53.6 Å². The van der Waals surface area contributed by atoms with Crippen LogP contribution in [0.25, 0.3) is 0 Å². The average molecular weight is 510 g/mol. The molecule has 9 heteroatoms. The van der Waals surface area contributed by atoms with Crippen molar-refractivity contribution in [3.8, 4) is 0 Å². The lowest BCUT2D eigenvalue weighted by atomic mass is 9.97. The summed E-state index contributed by atoms with van der Waals surface area (Å²) in [6, 6.07) is 13.6. The normalized spacial score (nSPS) is 18.1. The minimum absolute atomic E-state index is 0.0521. The van der Waals surface area contributed by atoms with E-state index in [4.69, 9.17) is 4.74 Å². The molecule has 1 fully saturated rings. The Kier molecular flexibility index (Phi) is 8.89. The fraction of sp³-hybridized carbons (Fsp3) is 0.464. The number of halogens is 1. The first-order chi connectivity index (χ1) is 17.8. The van der Waals surface area contributed by atoms with E-state index in [0.29, 0.717) is 38.4 Å². The second kappa shape index (κ2) is 12.3. The van der Waals surface area contributed by atoms with E-state index in [1.54, 1.807) is 17.0 Å². The fourth-order valence-electron chi connectivity index (χ4n) is 4.52. The second-order valence-electron chi connectivity index (χ2n) is 9.90. The maximum absolute atomic E-state index is 13.7. The smallest absolute Gasteiger partial charge is 0.318 e. The molecule has 2 aromatic carbocycles. The van der Waals surface area contributed by atoms with E-state index in [0.717, 1.165) is 29.8 Å². The Labute approximate surface area is 218 Å². The molecule has 1 unspecified atom stereocenters. The van der Waals surface area contributed by atoms with Crippen molar-refractivity contribution in [3.63, 3.8) is 0 Å². The van der Waals surface area contributed by atoms with Gasteiger partial charge in [0.05, 0.1) is 25.0 Å². The number of nitrogens with one attached hydrogen (secondary N) is 1. The Bertz CT molecular complexity index is 1100. The van der Waals surface area contributed by atoms with Crippen molar-refractivity contribution in [2.75, 3.05) is 45.9 Å². The first-order valence-electron chi connectivity index (χ1n) is 12.9. The van der Waals surface area contributed by atoms with Crippen molar-refractivity contribution >= 4 is 17.6 Å². The van der Waals surface area contributed by atoms with Crippen LogP contribution in [0, 0.1) is 12.7 Å². The topological polar surface area (TPSA) is 77.5 Å². The highest BCUT2D eigenvalue weighted by atomic mass is 19.1. The summed E-state index contributed by atoms with van der Waals surface area (Å²) >= 11 is 0. The van der Waals surface area contributed by atoms with Crippen LogP contribution in [0.3, 0.4) is 0 Å². The van der Waals surface area contributed by atoms with Crippen LogP contribution in [0.4, 0.5) is 9.18 Å². The number of hydrogen-bond donors (Lipinski definition) is 1. The molecule has 0 radical (unpaired) electrons. The molecule has 1 saturated heterocycles. The van der Waals surface area contributed by atoms with E-state index >= 15 is 0 Å². The van der Waals surface area contributed by atoms with E-state index in [1.165, 1.54) is 17.1 Å². The maximum Gasteiger partial charge on any atom is 0.318 e. The Balaban J connectivity index is 1.55. The number of benzene rings is 2. The van der Waals surface area contributed by atoms with Gasteiger partial charge in [-0.2, -0.15) is 5.10 Å². The van der Waals surface area contributed by atoms with Gasteiger partial charge in [-0.25, -0.2) is 14.2 Å². The van der Waals surface area contributed by atoms with Gasteiger partial charge in [-0.15, -0.1) is 0 Å². The van der Waals surface area contributed by atoms with Crippen molar-refractivity contribution in [3.05, 3.63) is 71.0 Å². The molecule has 37 heavy (non-hydrogen) atoms. The summed E-state index contributed by atoms with van der Waals surface area (Å²) < 4.78 is 18.9. The number of morpholine rings is 1. The number of ether oxygens (including phenoxy) is 1. The lowest BCUT2D eigenvalue weighted by Crippen LogP contribution is -2.50. The van der Waals surface area contributed by atoms with Gasteiger partial charge in [0.15, 0.2) is 0 Å². The zero-order valence-electron chi connectivity index (χ0n) is 21.8. The van der Waals surface area contributed by atoms with Gasteiger partial charge in [-0.1, -0.05) is 42.0 Å². The number of urea groups is 1. The second-order valence-corrected chi connectivity index (χ2v) is 9.90. The minimum Gasteiger partial charge on any atom is -0.379 e. The fourth-order valence-corrected chi connectivity index (χ4v) is 4.52. The average Bonchev–Trinajstić information content (AvgIpc) is 3.33. The predicted molar refractivity (Wildman–Crippen MR) is 141 cm³/mol. The summed E-state index contributed by atoms with van der Waals surface area (Å²) in [5.74, 6) is -0.582. The third-order valence-corrected chi connectivity index (χ3v) is 6.62. The van der Waals surface area contributed by atoms with Crippen LogP contribution >= 0.6 is 0 Å². The molecule has 0 bridgehead atoms. The van der Waals surface area contributed by atoms with Crippen LogP contribution in [-0.4, -0.2) is 84.4 Å². The van der Waals surface area contributed by atoms with E-state index in [-0.39, 0.29) is 36.4 Å². The van der Waals surface area contributed by atoms with E-state index in [2.05, 4.69) is 15.3 Å². The van der Waals surface area contributed by atoms with E-state index < -0.39 is 0 Å². The Morgan fingerprint density at radius 1 is 1.11 bits per heavy atom. The van der Waals surface area contributed by atoms with Gasteiger partial charge < -0.3 is 15.0 Å². The molecule has 198 valence electrons.